The zero-order valence-electron chi connectivity index (χ0n) is 11.1. The fourth-order valence-corrected chi connectivity index (χ4v) is 2.33. The Morgan fingerprint density at radius 1 is 1.10 bits per heavy atom. The van der Waals surface area contributed by atoms with Crippen molar-refractivity contribution in [1.82, 2.24) is 9.97 Å². The molecule has 0 radical (unpaired) electrons. The lowest BCUT2D eigenvalue weighted by Gasteiger charge is -2.04. The molecule has 5 nitrogen and oxygen atoms in total. The Balaban J connectivity index is 2.16. The lowest BCUT2D eigenvalue weighted by molar-refractivity contribution is -0.384. The van der Waals surface area contributed by atoms with Crippen LogP contribution in [-0.4, -0.2) is 14.9 Å². The third-order valence-electron chi connectivity index (χ3n) is 3.11. The molecule has 0 spiro atoms. The van der Waals surface area contributed by atoms with Crippen LogP contribution >= 0.6 is 11.6 Å². The van der Waals surface area contributed by atoms with Crippen molar-refractivity contribution < 1.29 is 4.92 Å². The molecule has 3 aromatic rings. The smallest absolute Gasteiger partial charge is 0.258 e. The molecule has 0 N–H and O–H groups in total. The highest BCUT2D eigenvalue weighted by Crippen LogP contribution is 2.27. The van der Waals surface area contributed by atoms with E-state index in [9.17, 15) is 10.1 Å². The largest absolute Gasteiger partial charge is 0.274 e. The first-order valence-corrected chi connectivity index (χ1v) is 6.60. The fraction of sp³-hybridized carbons (Fsp3) is 0.0667. The molecule has 0 saturated heterocycles. The zero-order chi connectivity index (χ0) is 15.0. The summed E-state index contributed by atoms with van der Waals surface area (Å²) in [6.45, 7) is 1.93. The van der Waals surface area contributed by atoms with E-state index in [1.165, 1.54) is 12.1 Å². The summed E-state index contributed by atoms with van der Waals surface area (Å²) in [5.41, 5.74) is 2.96. The highest BCUT2D eigenvalue weighted by atomic mass is 35.5. The van der Waals surface area contributed by atoms with Gasteiger partial charge in [-0.15, -0.1) is 0 Å². The van der Waals surface area contributed by atoms with E-state index in [0.29, 0.717) is 5.69 Å². The van der Waals surface area contributed by atoms with Crippen molar-refractivity contribution in [3.63, 3.8) is 0 Å². The number of fused-ring (bicyclic) bond motifs is 1. The number of aryl methyl sites for hydroxylation is 1. The first-order chi connectivity index (χ1) is 10.0. The molecule has 1 aromatic carbocycles. The van der Waals surface area contributed by atoms with Crippen LogP contribution in [0.1, 0.15) is 5.69 Å². The highest BCUT2D eigenvalue weighted by molar-refractivity contribution is 6.29. The van der Waals surface area contributed by atoms with E-state index in [2.05, 4.69) is 9.97 Å². The number of nitro groups is 1. The average molecular weight is 300 g/mol. The molecule has 104 valence electrons. The molecule has 0 saturated carbocycles. The van der Waals surface area contributed by atoms with Crippen LogP contribution in [0.5, 0.6) is 0 Å². The number of pyridine rings is 2. The Bertz CT molecular complexity index is 865. The summed E-state index contributed by atoms with van der Waals surface area (Å²) in [6, 6.07) is 12.1. The van der Waals surface area contributed by atoms with Gasteiger partial charge in [0, 0.05) is 22.7 Å². The van der Waals surface area contributed by atoms with Gasteiger partial charge in [-0.25, -0.2) is 4.98 Å². The number of aromatic nitrogens is 2. The molecule has 0 aliphatic heterocycles. The molecule has 0 aliphatic carbocycles. The minimum absolute atomic E-state index is 0.0767. The van der Waals surface area contributed by atoms with Crippen LogP contribution in [0.4, 0.5) is 5.69 Å². The van der Waals surface area contributed by atoms with Crippen molar-refractivity contribution in [2.75, 3.05) is 0 Å². The number of nitrogens with zero attached hydrogens (tertiary/aromatic N) is 3. The fourth-order valence-electron chi connectivity index (χ4n) is 2.12. The van der Waals surface area contributed by atoms with E-state index in [1.807, 2.05) is 37.3 Å². The lowest BCUT2D eigenvalue weighted by Crippen LogP contribution is -1.92. The van der Waals surface area contributed by atoms with Crippen molar-refractivity contribution in [3.8, 4) is 11.3 Å². The highest BCUT2D eigenvalue weighted by Gasteiger charge is 2.12. The van der Waals surface area contributed by atoms with Gasteiger partial charge < -0.3 is 0 Å². The quantitative estimate of drug-likeness (QED) is 0.404. The van der Waals surface area contributed by atoms with Crippen LogP contribution in [0, 0.1) is 17.0 Å². The molecule has 0 atom stereocenters. The maximum absolute atomic E-state index is 10.9. The summed E-state index contributed by atoms with van der Waals surface area (Å²) in [6.07, 6.45) is 0. The summed E-state index contributed by atoms with van der Waals surface area (Å²) in [4.78, 5) is 19.0. The summed E-state index contributed by atoms with van der Waals surface area (Å²) < 4.78 is 0. The van der Waals surface area contributed by atoms with Gasteiger partial charge >= 0.3 is 0 Å². The molecule has 0 fully saturated rings. The topological polar surface area (TPSA) is 68.9 Å². The molecule has 6 heteroatoms. The monoisotopic (exact) mass is 299 g/mol. The maximum Gasteiger partial charge on any atom is 0.274 e. The van der Waals surface area contributed by atoms with E-state index >= 15 is 0 Å². The van der Waals surface area contributed by atoms with Crippen LogP contribution in [-0.2, 0) is 0 Å². The van der Waals surface area contributed by atoms with Crippen molar-refractivity contribution >= 4 is 28.2 Å². The predicted molar refractivity (Wildman–Crippen MR) is 81.4 cm³/mol. The van der Waals surface area contributed by atoms with Gasteiger partial charge in [-0.2, -0.15) is 0 Å². The Labute approximate surface area is 125 Å². The van der Waals surface area contributed by atoms with Gasteiger partial charge in [0.1, 0.15) is 5.15 Å². The van der Waals surface area contributed by atoms with Gasteiger partial charge in [0.2, 0.25) is 0 Å². The summed E-state index contributed by atoms with van der Waals surface area (Å²) in [5, 5.41) is 11.9. The van der Waals surface area contributed by atoms with E-state index in [0.717, 1.165) is 22.2 Å². The molecule has 2 aromatic heterocycles. The van der Waals surface area contributed by atoms with Gasteiger partial charge in [0.25, 0.3) is 5.69 Å². The Morgan fingerprint density at radius 2 is 1.90 bits per heavy atom. The number of halogens is 1. The lowest BCUT2D eigenvalue weighted by atomic mass is 10.1. The van der Waals surface area contributed by atoms with Crippen molar-refractivity contribution in [3.05, 3.63) is 63.4 Å². The number of benzene rings is 1. The van der Waals surface area contributed by atoms with Crippen LogP contribution in [0.15, 0.2) is 42.5 Å². The number of hydrogen-bond donors (Lipinski definition) is 0. The molecule has 0 bridgehead atoms. The van der Waals surface area contributed by atoms with E-state index in [-0.39, 0.29) is 10.8 Å². The van der Waals surface area contributed by atoms with Crippen molar-refractivity contribution in [2.24, 2.45) is 0 Å². The van der Waals surface area contributed by atoms with E-state index in [4.69, 9.17) is 11.6 Å². The molecule has 0 unspecified atom stereocenters. The molecule has 3 rings (SSSR count). The minimum atomic E-state index is -0.483. The zero-order valence-corrected chi connectivity index (χ0v) is 11.8. The van der Waals surface area contributed by atoms with Crippen LogP contribution in [0.2, 0.25) is 5.15 Å². The Hall–Kier alpha value is -2.53. The molecule has 0 aliphatic rings. The maximum atomic E-state index is 10.9. The van der Waals surface area contributed by atoms with Gasteiger partial charge in [0.05, 0.1) is 22.2 Å². The number of rotatable bonds is 2. The van der Waals surface area contributed by atoms with Crippen molar-refractivity contribution in [1.29, 1.82) is 0 Å². The molecule has 21 heavy (non-hydrogen) atoms. The average Bonchev–Trinajstić information content (AvgIpc) is 2.46. The minimum Gasteiger partial charge on any atom is -0.258 e. The Kier molecular flexibility index (Phi) is 3.27. The Morgan fingerprint density at radius 3 is 2.67 bits per heavy atom. The van der Waals surface area contributed by atoms with E-state index < -0.39 is 4.92 Å². The second-order valence-electron chi connectivity index (χ2n) is 4.65. The van der Waals surface area contributed by atoms with Crippen molar-refractivity contribution in [2.45, 2.75) is 6.92 Å². The van der Waals surface area contributed by atoms with Crippen LogP contribution in [0.25, 0.3) is 22.2 Å². The molecular formula is C15H10ClN3O2. The number of hydrogen-bond acceptors (Lipinski definition) is 4. The normalized spacial score (nSPS) is 10.8. The van der Waals surface area contributed by atoms with Crippen LogP contribution in [0.3, 0.4) is 0 Å². The summed E-state index contributed by atoms with van der Waals surface area (Å²) >= 11 is 5.86. The second kappa shape index (κ2) is 5.10. The van der Waals surface area contributed by atoms with Gasteiger partial charge in [-0.05, 0) is 25.1 Å². The standard InChI is InChI=1S/C15H10ClN3O2/c1-9-2-3-10-6-11(4-5-13(10)17-9)14-7-12(19(20)21)8-15(16)18-14/h2-8H,1H3. The third kappa shape index (κ3) is 2.68. The molecule has 2 heterocycles. The van der Waals surface area contributed by atoms with E-state index in [1.54, 1.807) is 0 Å². The van der Waals surface area contributed by atoms with Gasteiger partial charge in [0.15, 0.2) is 0 Å². The molecular weight excluding hydrogens is 290 g/mol. The third-order valence-corrected chi connectivity index (χ3v) is 3.31. The predicted octanol–water partition coefficient (Wildman–Crippen LogP) is 4.17. The van der Waals surface area contributed by atoms with Gasteiger partial charge in [-0.1, -0.05) is 23.7 Å². The van der Waals surface area contributed by atoms with Crippen LogP contribution < -0.4 is 0 Å². The van der Waals surface area contributed by atoms with Gasteiger partial charge in [-0.3, -0.25) is 15.1 Å². The summed E-state index contributed by atoms with van der Waals surface area (Å²) in [7, 11) is 0. The molecule has 0 amide bonds. The first kappa shape index (κ1) is 13.5. The SMILES string of the molecule is Cc1ccc2cc(-c3cc([N+](=O)[O-])cc(Cl)n3)ccc2n1. The second-order valence-corrected chi connectivity index (χ2v) is 5.04. The first-order valence-electron chi connectivity index (χ1n) is 6.23. The summed E-state index contributed by atoms with van der Waals surface area (Å²) in [5.74, 6) is 0.